The monoisotopic (exact) mass is 447 g/mol. The van der Waals surface area contributed by atoms with E-state index in [9.17, 15) is 10.1 Å². The average molecular weight is 448 g/mol. The molecule has 1 atom stereocenters. The zero-order chi connectivity index (χ0) is 22.2. The maximum absolute atomic E-state index is 13.4. The number of halogens is 1. The van der Waals surface area contributed by atoms with Crippen molar-refractivity contribution in [2.24, 2.45) is 5.92 Å². The van der Waals surface area contributed by atoms with Crippen LogP contribution in [-0.2, 0) is 13.0 Å². The molecule has 3 heterocycles. The number of H-pyrrole nitrogens is 1. The molecule has 0 aliphatic carbocycles. The minimum absolute atomic E-state index is 0.0232. The third kappa shape index (κ3) is 3.37. The van der Waals surface area contributed by atoms with Crippen LogP contribution in [0.5, 0.6) is 11.6 Å². The van der Waals surface area contributed by atoms with E-state index in [0.717, 1.165) is 22.4 Å². The van der Waals surface area contributed by atoms with Crippen LogP contribution in [0.4, 0.5) is 0 Å². The van der Waals surface area contributed by atoms with Crippen molar-refractivity contribution >= 4 is 28.3 Å². The molecule has 5 rings (SSSR count). The molecule has 0 fully saturated rings. The van der Waals surface area contributed by atoms with E-state index in [4.69, 9.17) is 21.1 Å². The molecule has 0 saturated heterocycles. The van der Waals surface area contributed by atoms with E-state index in [1.54, 1.807) is 24.1 Å². The van der Waals surface area contributed by atoms with Crippen molar-refractivity contribution < 1.29 is 14.3 Å². The maximum Gasteiger partial charge on any atom is 0.216 e. The van der Waals surface area contributed by atoms with Crippen LogP contribution in [0.25, 0.3) is 22.0 Å². The number of ketones is 1. The molecular formula is C23H18ClN5O3. The number of hydrogen-bond acceptors (Lipinski definition) is 6. The minimum atomic E-state index is -0.386. The molecule has 4 aromatic rings. The van der Waals surface area contributed by atoms with Gasteiger partial charge in [0.1, 0.15) is 18.0 Å². The van der Waals surface area contributed by atoms with Crippen molar-refractivity contribution in [1.82, 2.24) is 20.0 Å². The number of fused-ring (bicyclic) bond motifs is 2. The van der Waals surface area contributed by atoms with Gasteiger partial charge in [-0.15, -0.1) is 0 Å². The van der Waals surface area contributed by atoms with Crippen LogP contribution in [0.1, 0.15) is 16.1 Å². The molecule has 0 spiro atoms. The van der Waals surface area contributed by atoms with E-state index in [2.05, 4.69) is 21.4 Å². The van der Waals surface area contributed by atoms with Gasteiger partial charge in [-0.2, -0.15) is 15.5 Å². The first kappa shape index (κ1) is 20.1. The molecule has 8 nitrogen and oxygen atoms in total. The number of benzene rings is 2. The number of hydrogen-bond donors (Lipinski definition) is 1. The third-order valence-electron chi connectivity index (χ3n) is 5.62. The van der Waals surface area contributed by atoms with Gasteiger partial charge in [0.2, 0.25) is 5.88 Å². The number of nitriles is 1. The van der Waals surface area contributed by atoms with Crippen LogP contribution in [0.15, 0.2) is 42.6 Å². The highest BCUT2D eigenvalue weighted by molar-refractivity contribution is 6.30. The van der Waals surface area contributed by atoms with E-state index in [1.165, 1.54) is 0 Å². The SMILES string of the molecule is COc1[nH]ncc1-c1ccc2c(C(=O)C3COc4ccc(Cl)cc4C3)nn(CC#N)c2c1. The number of Topliss-reactive ketones (excluding diaryl/α,β-unsaturated/α-hetero) is 1. The summed E-state index contributed by atoms with van der Waals surface area (Å²) in [6.45, 7) is 0.291. The lowest BCUT2D eigenvalue weighted by Gasteiger charge is -2.24. The Balaban J connectivity index is 1.54. The van der Waals surface area contributed by atoms with Gasteiger partial charge < -0.3 is 9.47 Å². The van der Waals surface area contributed by atoms with Crippen LogP contribution in [0, 0.1) is 17.2 Å². The molecule has 1 N–H and O–H groups in total. The predicted molar refractivity (Wildman–Crippen MR) is 118 cm³/mol. The lowest BCUT2D eigenvalue weighted by atomic mass is 9.91. The van der Waals surface area contributed by atoms with Gasteiger partial charge in [0.05, 0.1) is 43.0 Å². The van der Waals surface area contributed by atoms with Crippen molar-refractivity contribution in [2.75, 3.05) is 13.7 Å². The molecule has 1 aliphatic heterocycles. The Kier molecular flexibility index (Phi) is 5.04. The molecule has 1 unspecified atom stereocenters. The Morgan fingerprint density at radius 2 is 2.25 bits per heavy atom. The zero-order valence-corrected chi connectivity index (χ0v) is 17.9. The number of nitrogens with one attached hydrogen (secondary N) is 1. The third-order valence-corrected chi connectivity index (χ3v) is 5.86. The molecular weight excluding hydrogens is 430 g/mol. The highest BCUT2D eigenvalue weighted by Crippen LogP contribution is 2.34. The second kappa shape index (κ2) is 8.02. The Morgan fingerprint density at radius 3 is 3.06 bits per heavy atom. The number of nitrogens with zero attached hydrogens (tertiary/aromatic N) is 4. The fourth-order valence-corrected chi connectivity index (χ4v) is 4.27. The van der Waals surface area contributed by atoms with Crippen molar-refractivity contribution in [3.05, 3.63) is 58.9 Å². The first-order valence-corrected chi connectivity index (χ1v) is 10.4. The van der Waals surface area contributed by atoms with E-state index in [0.29, 0.717) is 33.9 Å². The summed E-state index contributed by atoms with van der Waals surface area (Å²) in [6, 6.07) is 13.1. The van der Waals surface area contributed by atoms with Crippen LogP contribution in [0.3, 0.4) is 0 Å². The maximum atomic E-state index is 13.4. The van der Waals surface area contributed by atoms with Crippen molar-refractivity contribution in [1.29, 1.82) is 5.26 Å². The molecule has 0 radical (unpaired) electrons. The van der Waals surface area contributed by atoms with Gasteiger partial charge in [0.15, 0.2) is 5.78 Å². The zero-order valence-electron chi connectivity index (χ0n) is 17.1. The lowest BCUT2D eigenvalue weighted by Crippen LogP contribution is -2.28. The number of rotatable bonds is 5. The fraction of sp³-hybridized carbons (Fsp3) is 0.217. The van der Waals surface area contributed by atoms with Gasteiger partial charge >= 0.3 is 0 Å². The predicted octanol–water partition coefficient (Wildman–Crippen LogP) is 4.05. The molecule has 9 heteroatoms. The number of aromatic amines is 1. The average Bonchev–Trinajstić information content (AvgIpc) is 3.43. The topological polar surface area (TPSA) is 106 Å². The molecule has 32 heavy (non-hydrogen) atoms. The summed E-state index contributed by atoms with van der Waals surface area (Å²) >= 11 is 6.11. The van der Waals surface area contributed by atoms with E-state index < -0.39 is 0 Å². The van der Waals surface area contributed by atoms with E-state index >= 15 is 0 Å². The summed E-state index contributed by atoms with van der Waals surface area (Å²) in [5.74, 6) is 0.773. The summed E-state index contributed by atoms with van der Waals surface area (Å²) < 4.78 is 12.7. The Labute approximate surface area is 188 Å². The van der Waals surface area contributed by atoms with E-state index in [1.807, 2.05) is 30.3 Å². The number of carbonyl (C=O) groups is 1. The Hall–Kier alpha value is -3.83. The first-order chi connectivity index (χ1) is 15.6. The lowest BCUT2D eigenvalue weighted by molar-refractivity contribution is 0.0850. The molecule has 1 aliphatic rings. The normalized spacial score (nSPS) is 15.1. The molecule has 2 aromatic heterocycles. The van der Waals surface area contributed by atoms with Gasteiger partial charge in [-0.3, -0.25) is 4.79 Å². The molecule has 0 amide bonds. The summed E-state index contributed by atoms with van der Waals surface area (Å²) in [7, 11) is 1.56. The number of carbonyl (C=O) groups excluding carboxylic acids is 1. The highest BCUT2D eigenvalue weighted by Gasteiger charge is 2.30. The van der Waals surface area contributed by atoms with Crippen molar-refractivity contribution in [3.63, 3.8) is 0 Å². The first-order valence-electron chi connectivity index (χ1n) is 9.99. The van der Waals surface area contributed by atoms with Crippen LogP contribution < -0.4 is 9.47 Å². The summed E-state index contributed by atoms with van der Waals surface area (Å²) in [4.78, 5) is 13.4. The molecule has 0 saturated carbocycles. The van der Waals surface area contributed by atoms with Crippen molar-refractivity contribution in [3.8, 4) is 28.8 Å². The number of ether oxygens (including phenoxy) is 2. The quantitative estimate of drug-likeness (QED) is 0.463. The standard InChI is InChI=1S/C23H18ClN5O3/c1-31-23-18(11-26-27-23)13-2-4-17-19(10-13)29(7-6-25)28-21(17)22(30)15-8-14-9-16(24)3-5-20(14)32-12-15/h2-5,9-11,15H,7-8,12H2,1H3,(H,26,27). The van der Waals surface area contributed by atoms with Crippen LogP contribution >= 0.6 is 11.6 Å². The van der Waals surface area contributed by atoms with Crippen LogP contribution in [-0.4, -0.2) is 39.5 Å². The molecule has 160 valence electrons. The van der Waals surface area contributed by atoms with Gasteiger partial charge in [-0.25, -0.2) is 9.78 Å². The second-order valence-corrected chi connectivity index (χ2v) is 7.98. The summed E-state index contributed by atoms with van der Waals surface area (Å²) in [6.07, 6.45) is 2.19. The smallest absolute Gasteiger partial charge is 0.216 e. The fourth-order valence-electron chi connectivity index (χ4n) is 4.07. The van der Waals surface area contributed by atoms with Crippen LogP contribution in [0.2, 0.25) is 5.02 Å². The van der Waals surface area contributed by atoms with Gasteiger partial charge in [0.25, 0.3) is 0 Å². The summed E-state index contributed by atoms with van der Waals surface area (Å²) in [5.41, 5.74) is 3.54. The highest BCUT2D eigenvalue weighted by atomic mass is 35.5. The largest absolute Gasteiger partial charge is 0.493 e. The summed E-state index contributed by atoms with van der Waals surface area (Å²) in [5, 5.41) is 21.9. The van der Waals surface area contributed by atoms with Gasteiger partial charge in [0, 0.05) is 10.4 Å². The van der Waals surface area contributed by atoms with E-state index in [-0.39, 0.29) is 24.9 Å². The van der Waals surface area contributed by atoms with Gasteiger partial charge in [-0.05, 0) is 47.9 Å². The second-order valence-electron chi connectivity index (χ2n) is 7.54. The number of aromatic nitrogens is 4. The molecule has 0 bridgehead atoms. The molecule has 2 aromatic carbocycles. The Bertz CT molecular complexity index is 1380. The minimum Gasteiger partial charge on any atom is -0.493 e. The van der Waals surface area contributed by atoms with Crippen molar-refractivity contribution in [2.45, 2.75) is 13.0 Å². The van der Waals surface area contributed by atoms with Gasteiger partial charge in [-0.1, -0.05) is 17.7 Å². The number of methoxy groups -OCH3 is 1. The Morgan fingerprint density at radius 1 is 1.38 bits per heavy atom.